The maximum absolute atomic E-state index is 5.56. The Hall–Kier alpha value is 0.830. The second-order valence-corrected chi connectivity index (χ2v) is 4.97. The lowest BCUT2D eigenvalue weighted by atomic mass is 10.2. The van der Waals surface area contributed by atoms with Crippen LogP contribution in [0.1, 0.15) is 19.3 Å². The van der Waals surface area contributed by atoms with Crippen LogP contribution >= 0.6 is 34.8 Å². The molecule has 1 heterocycles. The summed E-state index contributed by atoms with van der Waals surface area (Å²) in [7, 11) is 0. The van der Waals surface area contributed by atoms with Gasteiger partial charge in [0, 0.05) is 13.0 Å². The van der Waals surface area contributed by atoms with Crippen molar-refractivity contribution >= 4 is 34.8 Å². The van der Waals surface area contributed by atoms with Gasteiger partial charge in [-0.1, -0.05) is 34.8 Å². The third-order valence-electron chi connectivity index (χ3n) is 1.48. The number of hydrogen-bond donors (Lipinski definition) is 0. The van der Waals surface area contributed by atoms with Gasteiger partial charge in [-0.25, -0.2) is 0 Å². The third-order valence-corrected chi connectivity index (χ3v) is 1.95. The Labute approximate surface area is 75.6 Å². The average molecular weight is 203 g/mol. The van der Waals surface area contributed by atoms with Crippen LogP contribution in [-0.2, 0) is 4.74 Å². The van der Waals surface area contributed by atoms with Crippen molar-refractivity contribution in [2.24, 2.45) is 0 Å². The van der Waals surface area contributed by atoms with E-state index in [1.54, 1.807) is 0 Å². The molecule has 10 heavy (non-hydrogen) atoms. The third kappa shape index (κ3) is 3.29. The average Bonchev–Trinajstić information content (AvgIpc) is 2.12. The van der Waals surface area contributed by atoms with Gasteiger partial charge in [-0.15, -0.1) is 0 Å². The Bertz CT molecular complexity index is 104. The van der Waals surface area contributed by atoms with Gasteiger partial charge >= 0.3 is 0 Å². The lowest BCUT2D eigenvalue weighted by Crippen LogP contribution is -2.15. The molecule has 0 radical (unpaired) electrons. The topological polar surface area (TPSA) is 9.23 Å². The second-order valence-electron chi connectivity index (χ2n) is 2.45. The van der Waals surface area contributed by atoms with Gasteiger partial charge in [0.25, 0.3) is 0 Å². The monoisotopic (exact) mass is 202 g/mol. The van der Waals surface area contributed by atoms with Crippen molar-refractivity contribution in [1.29, 1.82) is 0 Å². The van der Waals surface area contributed by atoms with Crippen LogP contribution < -0.4 is 0 Å². The zero-order valence-electron chi connectivity index (χ0n) is 5.45. The minimum Gasteiger partial charge on any atom is -0.378 e. The lowest BCUT2D eigenvalue weighted by molar-refractivity contribution is 0.105. The van der Waals surface area contributed by atoms with Crippen molar-refractivity contribution in [1.82, 2.24) is 0 Å². The fourth-order valence-corrected chi connectivity index (χ4v) is 1.58. The van der Waals surface area contributed by atoms with Gasteiger partial charge in [-0.2, -0.15) is 0 Å². The first-order chi connectivity index (χ1) is 4.58. The minimum absolute atomic E-state index is 0.160. The fraction of sp³-hybridized carbons (Fsp3) is 1.00. The van der Waals surface area contributed by atoms with E-state index in [0.29, 0.717) is 6.42 Å². The van der Waals surface area contributed by atoms with Crippen LogP contribution in [0.3, 0.4) is 0 Å². The van der Waals surface area contributed by atoms with E-state index in [1.165, 1.54) is 0 Å². The summed E-state index contributed by atoms with van der Waals surface area (Å²) in [6, 6.07) is 0. The molecule has 1 nitrogen and oxygen atoms in total. The Morgan fingerprint density at radius 2 is 2.10 bits per heavy atom. The summed E-state index contributed by atoms with van der Waals surface area (Å²) in [6.07, 6.45) is 2.78. The largest absolute Gasteiger partial charge is 0.378 e. The summed E-state index contributed by atoms with van der Waals surface area (Å²) < 4.78 is 4.13. The first-order valence-electron chi connectivity index (χ1n) is 3.26. The van der Waals surface area contributed by atoms with Gasteiger partial charge in [0.05, 0.1) is 6.10 Å². The number of ether oxygens (including phenoxy) is 1. The summed E-state index contributed by atoms with van der Waals surface area (Å²) in [4.78, 5) is 0. The smallest absolute Gasteiger partial charge is 0.193 e. The van der Waals surface area contributed by atoms with Crippen LogP contribution in [0.5, 0.6) is 0 Å². The molecule has 0 spiro atoms. The molecule has 60 valence electrons. The number of alkyl halides is 3. The van der Waals surface area contributed by atoms with Gasteiger partial charge in [-0.3, -0.25) is 0 Å². The highest BCUT2D eigenvalue weighted by Crippen LogP contribution is 2.34. The van der Waals surface area contributed by atoms with Crippen LogP contribution in [0.15, 0.2) is 0 Å². The van der Waals surface area contributed by atoms with Crippen molar-refractivity contribution in [2.75, 3.05) is 6.61 Å². The van der Waals surface area contributed by atoms with Crippen LogP contribution in [0, 0.1) is 0 Å². The molecule has 0 bridgehead atoms. The van der Waals surface area contributed by atoms with E-state index in [-0.39, 0.29) is 6.10 Å². The predicted octanol–water partition coefficient (Wildman–Crippen LogP) is 2.93. The molecule has 1 atom stereocenters. The van der Waals surface area contributed by atoms with E-state index < -0.39 is 3.79 Å². The van der Waals surface area contributed by atoms with E-state index in [1.807, 2.05) is 0 Å². The molecule has 1 saturated heterocycles. The summed E-state index contributed by atoms with van der Waals surface area (Å²) in [5.74, 6) is 0. The molecule has 0 saturated carbocycles. The molecule has 0 aromatic heterocycles. The van der Waals surface area contributed by atoms with Gasteiger partial charge in [-0.05, 0) is 12.8 Å². The van der Waals surface area contributed by atoms with E-state index >= 15 is 0 Å². The quantitative estimate of drug-likeness (QED) is 0.596. The van der Waals surface area contributed by atoms with E-state index in [0.717, 1.165) is 19.4 Å². The predicted molar refractivity (Wildman–Crippen MR) is 43.9 cm³/mol. The molecule has 4 heteroatoms. The van der Waals surface area contributed by atoms with E-state index in [4.69, 9.17) is 39.5 Å². The summed E-state index contributed by atoms with van der Waals surface area (Å²) in [5, 5.41) is 0. The first-order valence-corrected chi connectivity index (χ1v) is 4.40. The number of halogens is 3. The van der Waals surface area contributed by atoms with E-state index in [2.05, 4.69) is 0 Å². The number of hydrogen-bond acceptors (Lipinski definition) is 1. The molecule has 1 unspecified atom stereocenters. The SMILES string of the molecule is ClC(Cl)(Cl)CC1CCCO1. The van der Waals surface area contributed by atoms with Crippen LogP contribution in [0.4, 0.5) is 0 Å². The lowest BCUT2D eigenvalue weighted by Gasteiger charge is -2.15. The van der Waals surface area contributed by atoms with Crippen molar-refractivity contribution in [3.8, 4) is 0 Å². The Balaban J connectivity index is 2.24. The molecular weight excluding hydrogens is 194 g/mol. The molecule has 0 aromatic carbocycles. The standard InChI is InChI=1S/C6H9Cl3O/c7-6(8,9)4-5-2-1-3-10-5/h5H,1-4H2. The summed E-state index contributed by atoms with van der Waals surface area (Å²) in [6.45, 7) is 0.811. The zero-order valence-corrected chi connectivity index (χ0v) is 7.72. The van der Waals surface area contributed by atoms with Crippen LogP contribution in [0.25, 0.3) is 0 Å². The highest BCUT2D eigenvalue weighted by atomic mass is 35.6. The molecular formula is C6H9Cl3O. The minimum atomic E-state index is -1.14. The highest BCUT2D eigenvalue weighted by Gasteiger charge is 2.27. The molecule has 0 N–H and O–H groups in total. The van der Waals surface area contributed by atoms with Crippen LogP contribution in [-0.4, -0.2) is 16.5 Å². The van der Waals surface area contributed by atoms with Crippen molar-refractivity contribution in [3.05, 3.63) is 0 Å². The molecule has 0 aromatic rings. The molecule has 1 fully saturated rings. The van der Waals surface area contributed by atoms with Crippen molar-refractivity contribution < 1.29 is 4.74 Å². The van der Waals surface area contributed by atoms with Crippen LogP contribution in [0.2, 0.25) is 0 Å². The Morgan fingerprint density at radius 1 is 1.40 bits per heavy atom. The Kier molecular flexibility index (Phi) is 3.11. The highest BCUT2D eigenvalue weighted by molar-refractivity contribution is 6.67. The second kappa shape index (κ2) is 3.48. The number of rotatable bonds is 1. The van der Waals surface area contributed by atoms with Gasteiger partial charge in [0.15, 0.2) is 3.79 Å². The maximum atomic E-state index is 5.56. The normalized spacial score (nSPS) is 27.3. The molecule has 1 rings (SSSR count). The maximum Gasteiger partial charge on any atom is 0.193 e. The first kappa shape index (κ1) is 8.92. The van der Waals surface area contributed by atoms with Gasteiger partial charge in [0.2, 0.25) is 0 Å². The van der Waals surface area contributed by atoms with E-state index in [9.17, 15) is 0 Å². The fourth-order valence-electron chi connectivity index (χ4n) is 1.06. The van der Waals surface area contributed by atoms with Crippen molar-refractivity contribution in [3.63, 3.8) is 0 Å². The van der Waals surface area contributed by atoms with Crippen molar-refractivity contribution in [2.45, 2.75) is 29.2 Å². The Morgan fingerprint density at radius 3 is 2.50 bits per heavy atom. The summed E-state index contributed by atoms with van der Waals surface area (Å²) in [5.41, 5.74) is 0. The summed E-state index contributed by atoms with van der Waals surface area (Å²) >= 11 is 16.7. The zero-order chi connectivity index (χ0) is 7.61. The van der Waals surface area contributed by atoms with Gasteiger partial charge in [0.1, 0.15) is 0 Å². The molecule has 1 aliphatic heterocycles. The molecule has 0 aliphatic carbocycles. The molecule has 0 amide bonds. The molecule has 1 aliphatic rings. The van der Waals surface area contributed by atoms with Gasteiger partial charge < -0.3 is 4.74 Å².